The third-order valence-electron chi connectivity index (χ3n) is 5.64. The van der Waals surface area contributed by atoms with Gasteiger partial charge in [-0.05, 0) is 32.1 Å². The Morgan fingerprint density at radius 3 is 2.64 bits per heavy atom. The van der Waals surface area contributed by atoms with Crippen molar-refractivity contribution >= 4 is 11.9 Å². The van der Waals surface area contributed by atoms with Crippen molar-refractivity contribution in [2.24, 2.45) is 5.92 Å². The first kappa shape index (κ1) is 15.7. The van der Waals surface area contributed by atoms with E-state index in [-0.39, 0.29) is 29.4 Å². The van der Waals surface area contributed by atoms with Crippen molar-refractivity contribution in [1.29, 1.82) is 0 Å². The quantitative estimate of drug-likeness (QED) is 0.741. The minimum absolute atomic E-state index is 0.00328. The normalized spacial score (nSPS) is 38.0. The number of hydrogen-bond donors (Lipinski definition) is 0. The molecule has 0 unspecified atom stereocenters. The van der Waals surface area contributed by atoms with Crippen molar-refractivity contribution in [3.05, 3.63) is 0 Å². The predicted octanol–water partition coefficient (Wildman–Crippen LogP) is 1.82. The van der Waals surface area contributed by atoms with E-state index in [2.05, 4.69) is 0 Å². The molecule has 2 saturated heterocycles. The molecule has 3 aliphatic rings. The third kappa shape index (κ3) is 2.42. The number of carbonyl (C=O) groups is 2. The lowest BCUT2D eigenvalue weighted by Gasteiger charge is -2.49. The van der Waals surface area contributed by atoms with Gasteiger partial charge in [-0.2, -0.15) is 5.06 Å². The molecule has 0 aromatic rings. The van der Waals surface area contributed by atoms with Gasteiger partial charge < -0.3 is 9.47 Å². The van der Waals surface area contributed by atoms with Gasteiger partial charge in [0.15, 0.2) is 6.10 Å². The third-order valence-corrected chi connectivity index (χ3v) is 5.64. The molecule has 4 atom stereocenters. The Morgan fingerprint density at radius 2 is 1.91 bits per heavy atom. The number of hydroxylamine groups is 2. The van der Waals surface area contributed by atoms with Gasteiger partial charge in [-0.15, -0.1) is 0 Å². The van der Waals surface area contributed by atoms with Crippen LogP contribution in [0.3, 0.4) is 0 Å². The van der Waals surface area contributed by atoms with Gasteiger partial charge in [0.05, 0.1) is 26.2 Å². The van der Waals surface area contributed by atoms with E-state index < -0.39 is 6.10 Å². The zero-order chi connectivity index (χ0) is 15.7. The Balaban J connectivity index is 1.87. The molecular formula is C16H25NO5. The highest BCUT2D eigenvalue weighted by atomic mass is 16.7. The average Bonchev–Trinajstić information content (AvgIpc) is 2.90. The van der Waals surface area contributed by atoms with Crippen LogP contribution in [0.5, 0.6) is 0 Å². The molecule has 22 heavy (non-hydrogen) atoms. The van der Waals surface area contributed by atoms with Crippen LogP contribution in [-0.4, -0.2) is 48.9 Å². The largest absolute Gasteiger partial charge is 0.469 e. The highest BCUT2D eigenvalue weighted by molar-refractivity contribution is 5.75. The first-order chi connectivity index (χ1) is 10.6. The Hall–Kier alpha value is -1.14. The van der Waals surface area contributed by atoms with E-state index in [0.29, 0.717) is 6.42 Å². The van der Waals surface area contributed by atoms with E-state index in [4.69, 9.17) is 14.3 Å². The molecule has 0 aromatic carbocycles. The number of rotatable bonds is 3. The lowest BCUT2D eigenvalue weighted by atomic mass is 9.66. The lowest BCUT2D eigenvalue weighted by Crippen LogP contribution is -2.56. The van der Waals surface area contributed by atoms with Gasteiger partial charge in [0.1, 0.15) is 0 Å². The van der Waals surface area contributed by atoms with Gasteiger partial charge in [-0.25, -0.2) is 4.79 Å². The summed E-state index contributed by atoms with van der Waals surface area (Å²) in [6.45, 7) is 0. The summed E-state index contributed by atoms with van der Waals surface area (Å²) in [6, 6.07) is -0.00328. The fourth-order valence-electron chi connectivity index (χ4n) is 4.67. The first-order valence-electron chi connectivity index (χ1n) is 8.23. The molecule has 0 N–H and O–H groups in total. The van der Waals surface area contributed by atoms with Gasteiger partial charge in [-0.3, -0.25) is 9.63 Å². The summed E-state index contributed by atoms with van der Waals surface area (Å²) >= 11 is 0. The van der Waals surface area contributed by atoms with Gasteiger partial charge in [-0.1, -0.05) is 12.8 Å². The van der Waals surface area contributed by atoms with Crippen molar-refractivity contribution in [2.45, 2.75) is 69.1 Å². The summed E-state index contributed by atoms with van der Waals surface area (Å²) in [7, 11) is 2.82. The van der Waals surface area contributed by atoms with Crippen molar-refractivity contribution in [2.75, 3.05) is 14.2 Å². The fraction of sp³-hybridized carbons (Fsp3) is 0.875. The number of ether oxygens (including phenoxy) is 2. The smallest absolute Gasteiger partial charge is 0.337 e. The van der Waals surface area contributed by atoms with E-state index in [1.807, 2.05) is 5.06 Å². The predicted molar refractivity (Wildman–Crippen MR) is 77.7 cm³/mol. The maximum absolute atomic E-state index is 12.1. The number of carbonyl (C=O) groups excluding carboxylic acids is 2. The van der Waals surface area contributed by atoms with Gasteiger partial charge in [0.25, 0.3) is 0 Å². The molecule has 6 nitrogen and oxygen atoms in total. The SMILES string of the molecule is COC(=O)C[C@@H]1CCC[C@@]23CCCC[C@H]2[C@H](C(=O)OC)ON13. The number of esters is 2. The average molecular weight is 311 g/mol. The second kappa shape index (κ2) is 6.16. The molecule has 0 aromatic heterocycles. The van der Waals surface area contributed by atoms with Crippen LogP contribution >= 0.6 is 0 Å². The van der Waals surface area contributed by atoms with E-state index in [1.165, 1.54) is 14.2 Å². The van der Waals surface area contributed by atoms with E-state index in [9.17, 15) is 9.59 Å². The first-order valence-corrected chi connectivity index (χ1v) is 8.23. The second-order valence-corrected chi connectivity index (χ2v) is 6.66. The Morgan fingerprint density at radius 1 is 1.14 bits per heavy atom. The summed E-state index contributed by atoms with van der Waals surface area (Å²) in [5, 5.41) is 1.98. The summed E-state index contributed by atoms with van der Waals surface area (Å²) in [4.78, 5) is 29.9. The van der Waals surface area contributed by atoms with Crippen molar-refractivity contribution in [3.8, 4) is 0 Å². The Kier molecular flexibility index (Phi) is 4.41. The molecule has 6 heteroatoms. The maximum atomic E-state index is 12.1. The summed E-state index contributed by atoms with van der Waals surface area (Å²) in [5.74, 6) is -0.342. The van der Waals surface area contributed by atoms with Crippen LogP contribution in [0.25, 0.3) is 0 Å². The number of methoxy groups -OCH3 is 2. The number of nitrogens with zero attached hydrogens (tertiary/aromatic N) is 1. The molecule has 1 saturated carbocycles. The Bertz CT molecular complexity index is 450. The monoisotopic (exact) mass is 311 g/mol. The molecule has 0 amide bonds. The summed E-state index contributed by atoms with van der Waals surface area (Å²) < 4.78 is 9.76. The van der Waals surface area contributed by atoms with Crippen LogP contribution in [-0.2, 0) is 23.9 Å². The molecule has 2 aliphatic heterocycles. The number of hydrogen-bond acceptors (Lipinski definition) is 6. The second-order valence-electron chi connectivity index (χ2n) is 6.66. The highest BCUT2D eigenvalue weighted by Gasteiger charge is 2.61. The summed E-state index contributed by atoms with van der Waals surface area (Å²) in [6.07, 6.45) is 7.08. The van der Waals surface area contributed by atoms with E-state index in [0.717, 1.165) is 44.9 Å². The zero-order valence-electron chi connectivity index (χ0n) is 13.4. The molecule has 0 radical (unpaired) electrons. The standard InChI is InChI=1S/C16H25NO5/c1-20-13(18)10-11-6-5-9-16-8-4-3-7-12(16)14(15(19)21-2)22-17(11)16/h11-12,14H,3-10H2,1-2H3/t11-,12-,14+,16-/m0/s1. The van der Waals surface area contributed by atoms with Gasteiger partial charge >= 0.3 is 11.9 Å². The molecule has 1 aliphatic carbocycles. The molecule has 1 spiro atoms. The molecule has 0 bridgehead atoms. The summed E-state index contributed by atoms with van der Waals surface area (Å²) in [5.41, 5.74) is -0.103. The van der Waals surface area contributed by atoms with Crippen LogP contribution in [0.4, 0.5) is 0 Å². The van der Waals surface area contributed by atoms with Crippen LogP contribution in [0.2, 0.25) is 0 Å². The molecule has 2 heterocycles. The Labute approximate surface area is 131 Å². The van der Waals surface area contributed by atoms with Crippen LogP contribution in [0, 0.1) is 5.92 Å². The van der Waals surface area contributed by atoms with Gasteiger partial charge in [0, 0.05) is 12.0 Å². The van der Waals surface area contributed by atoms with E-state index >= 15 is 0 Å². The van der Waals surface area contributed by atoms with Crippen molar-refractivity contribution < 1.29 is 23.9 Å². The topological polar surface area (TPSA) is 65.1 Å². The molecule has 3 rings (SSSR count). The zero-order valence-corrected chi connectivity index (χ0v) is 13.4. The fourth-order valence-corrected chi connectivity index (χ4v) is 4.67. The minimum Gasteiger partial charge on any atom is -0.469 e. The van der Waals surface area contributed by atoms with Gasteiger partial charge in [0.2, 0.25) is 0 Å². The van der Waals surface area contributed by atoms with E-state index in [1.54, 1.807) is 0 Å². The maximum Gasteiger partial charge on any atom is 0.337 e. The molecule has 3 fully saturated rings. The highest BCUT2D eigenvalue weighted by Crippen LogP contribution is 2.53. The molecule has 124 valence electrons. The van der Waals surface area contributed by atoms with Crippen molar-refractivity contribution in [1.82, 2.24) is 5.06 Å². The lowest BCUT2D eigenvalue weighted by molar-refractivity contribution is -0.235. The molecular weight excluding hydrogens is 286 g/mol. The minimum atomic E-state index is -0.524. The van der Waals surface area contributed by atoms with Crippen LogP contribution in [0.1, 0.15) is 51.4 Å². The van der Waals surface area contributed by atoms with Crippen LogP contribution in [0.15, 0.2) is 0 Å². The number of piperidine rings is 1. The van der Waals surface area contributed by atoms with Crippen molar-refractivity contribution in [3.63, 3.8) is 0 Å². The van der Waals surface area contributed by atoms with Crippen LogP contribution < -0.4 is 0 Å².